The summed E-state index contributed by atoms with van der Waals surface area (Å²) in [5.74, 6) is 0. The Kier molecular flexibility index (Phi) is 3.18. The minimum absolute atomic E-state index is 0.330. The van der Waals surface area contributed by atoms with E-state index >= 15 is 0 Å². The maximum Gasteiger partial charge on any atom is 0.407 e. The largest absolute Gasteiger partial charge is 0.444 e. The van der Waals surface area contributed by atoms with Gasteiger partial charge in [-0.1, -0.05) is 0 Å². The molecule has 18 heavy (non-hydrogen) atoms. The third-order valence-electron chi connectivity index (χ3n) is 2.13. The van der Waals surface area contributed by atoms with E-state index in [-0.39, 0.29) is 0 Å². The second-order valence-electron chi connectivity index (χ2n) is 4.94. The van der Waals surface area contributed by atoms with E-state index in [1.54, 1.807) is 23.1 Å². The third-order valence-corrected chi connectivity index (χ3v) is 2.13. The number of fused-ring (bicyclic) bond motifs is 1. The number of hydrogen-bond acceptors (Lipinski definition) is 4. The van der Waals surface area contributed by atoms with Gasteiger partial charge in [-0.15, -0.1) is 0 Å². The van der Waals surface area contributed by atoms with Gasteiger partial charge in [-0.2, -0.15) is 5.10 Å². The van der Waals surface area contributed by atoms with Gasteiger partial charge in [0.15, 0.2) is 0 Å². The highest BCUT2D eigenvalue weighted by Gasteiger charge is 2.15. The quantitative estimate of drug-likeness (QED) is 0.879. The number of aromatic nitrogens is 3. The fraction of sp³-hybridized carbons (Fsp3) is 0.417. The Labute approximate surface area is 105 Å². The molecular weight excluding hydrogens is 232 g/mol. The van der Waals surface area contributed by atoms with Crippen LogP contribution in [0.3, 0.4) is 0 Å². The highest BCUT2D eigenvalue weighted by molar-refractivity contribution is 5.67. The number of hydrogen-bond donors (Lipinski definition) is 1. The molecule has 0 atom stereocenters. The molecule has 1 N–H and O–H groups in total. The summed E-state index contributed by atoms with van der Waals surface area (Å²) in [5.41, 5.74) is 1.15. The van der Waals surface area contributed by atoms with Crippen molar-refractivity contribution in [3.05, 3.63) is 30.4 Å². The lowest BCUT2D eigenvalue weighted by molar-refractivity contribution is 0.0523. The molecule has 0 aliphatic rings. The highest BCUT2D eigenvalue weighted by Crippen LogP contribution is 2.07. The second kappa shape index (κ2) is 4.64. The van der Waals surface area contributed by atoms with Crippen LogP contribution in [-0.4, -0.2) is 26.3 Å². The molecule has 1 amide bonds. The molecule has 2 rings (SSSR count). The van der Waals surface area contributed by atoms with Gasteiger partial charge in [0.1, 0.15) is 5.60 Å². The molecule has 96 valence electrons. The van der Waals surface area contributed by atoms with Crippen LogP contribution in [0.4, 0.5) is 4.79 Å². The van der Waals surface area contributed by atoms with Crippen LogP contribution >= 0.6 is 0 Å². The summed E-state index contributed by atoms with van der Waals surface area (Å²) < 4.78 is 6.84. The fourth-order valence-corrected chi connectivity index (χ4v) is 1.46. The van der Waals surface area contributed by atoms with Gasteiger partial charge in [-0.25, -0.2) is 9.31 Å². The molecule has 6 nitrogen and oxygen atoms in total. The zero-order chi connectivity index (χ0) is 13.2. The Morgan fingerprint density at radius 3 is 2.94 bits per heavy atom. The summed E-state index contributed by atoms with van der Waals surface area (Å²) in [7, 11) is 0. The number of carbonyl (C=O) groups is 1. The zero-order valence-corrected chi connectivity index (χ0v) is 10.7. The number of nitrogens with one attached hydrogen (secondary N) is 1. The molecule has 0 aliphatic heterocycles. The lowest BCUT2D eigenvalue weighted by Gasteiger charge is -2.19. The smallest absolute Gasteiger partial charge is 0.407 e. The van der Waals surface area contributed by atoms with Crippen molar-refractivity contribution in [3.63, 3.8) is 0 Å². The standard InChI is InChI=1S/C12H16N4O2/c1-12(2,3)18-11(17)14-7-9-6-10-8-13-4-5-16(10)15-9/h4-6,8H,7H2,1-3H3,(H,14,17). The molecule has 0 saturated heterocycles. The van der Waals surface area contributed by atoms with Gasteiger partial charge in [0.25, 0.3) is 0 Å². The summed E-state index contributed by atoms with van der Waals surface area (Å²) in [6.07, 6.45) is 4.68. The van der Waals surface area contributed by atoms with Gasteiger partial charge < -0.3 is 10.1 Å². The minimum atomic E-state index is -0.493. The first-order valence-corrected chi connectivity index (χ1v) is 5.69. The van der Waals surface area contributed by atoms with E-state index < -0.39 is 11.7 Å². The second-order valence-corrected chi connectivity index (χ2v) is 4.94. The number of amides is 1. The topological polar surface area (TPSA) is 68.5 Å². The summed E-state index contributed by atoms with van der Waals surface area (Å²) in [4.78, 5) is 15.5. The molecule has 2 heterocycles. The van der Waals surface area contributed by atoms with E-state index in [2.05, 4.69) is 15.4 Å². The van der Waals surface area contributed by atoms with Crippen molar-refractivity contribution in [2.24, 2.45) is 0 Å². The van der Waals surface area contributed by atoms with Crippen LogP contribution in [-0.2, 0) is 11.3 Å². The van der Waals surface area contributed by atoms with Crippen LogP contribution in [0.15, 0.2) is 24.7 Å². The molecular formula is C12H16N4O2. The average Bonchev–Trinajstić information content (AvgIpc) is 2.66. The van der Waals surface area contributed by atoms with Crippen molar-refractivity contribution in [2.45, 2.75) is 32.9 Å². The maximum absolute atomic E-state index is 11.5. The number of rotatable bonds is 2. The molecule has 6 heteroatoms. The number of ether oxygens (including phenoxy) is 1. The van der Waals surface area contributed by atoms with Crippen molar-refractivity contribution in [3.8, 4) is 0 Å². The van der Waals surface area contributed by atoms with Crippen molar-refractivity contribution in [2.75, 3.05) is 0 Å². The van der Waals surface area contributed by atoms with Crippen molar-refractivity contribution in [1.82, 2.24) is 19.9 Å². The van der Waals surface area contributed by atoms with Crippen LogP contribution < -0.4 is 5.32 Å². The van der Waals surface area contributed by atoms with Crippen LogP contribution in [0.5, 0.6) is 0 Å². The van der Waals surface area contributed by atoms with Gasteiger partial charge in [0.2, 0.25) is 0 Å². The number of nitrogens with zero attached hydrogens (tertiary/aromatic N) is 3. The van der Waals surface area contributed by atoms with Gasteiger partial charge >= 0.3 is 6.09 Å². The van der Waals surface area contributed by atoms with E-state index in [0.29, 0.717) is 6.54 Å². The monoisotopic (exact) mass is 248 g/mol. The molecule has 0 unspecified atom stereocenters. The number of carbonyl (C=O) groups excluding carboxylic acids is 1. The molecule has 0 saturated carbocycles. The zero-order valence-electron chi connectivity index (χ0n) is 10.7. The molecule has 0 aromatic carbocycles. The summed E-state index contributed by atoms with van der Waals surface area (Å²) in [6, 6.07) is 1.87. The normalized spacial score (nSPS) is 11.5. The Balaban J connectivity index is 1.96. The maximum atomic E-state index is 11.5. The lowest BCUT2D eigenvalue weighted by atomic mass is 10.2. The Bertz CT molecular complexity index is 523. The first-order valence-electron chi connectivity index (χ1n) is 5.69. The van der Waals surface area contributed by atoms with Crippen molar-refractivity contribution >= 4 is 11.6 Å². The van der Waals surface area contributed by atoms with E-state index in [9.17, 15) is 4.79 Å². The van der Waals surface area contributed by atoms with Gasteiger partial charge in [-0.05, 0) is 26.8 Å². The molecule has 2 aromatic heterocycles. The minimum Gasteiger partial charge on any atom is -0.444 e. The van der Waals surface area contributed by atoms with E-state index in [0.717, 1.165) is 11.2 Å². The van der Waals surface area contributed by atoms with E-state index in [1.165, 1.54) is 0 Å². The highest BCUT2D eigenvalue weighted by atomic mass is 16.6. The Morgan fingerprint density at radius 2 is 2.28 bits per heavy atom. The first kappa shape index (κ1) is 12.3. The van der Waals surface area contributed by atoms with Crippen LogP contribution in [0.25, 0.3) is 5.52 Å². The summed E-state index contributed by atoms with van der Waals surface area (Å²) >= 11 is 0. The Morgan fingerprint density at radius 1 is 1.50 bits per heavy atom. The predicted octanol–water partition coefficient (Wildman–Crippen LogP) is 1.75. The van der Waals surface area contributed by atoms with Crippen LogP contribution in [0.1, 0.15) is 26.5 Å². The SMILES string of the molecule is CC(C)(C)OC(=O)NCc1cc2cnccn2n1. The first-order chi connectivity index (χ1) is 8.44. The van der Waals surface area contributed by atoms with Crippen molar-refractivity contribution < 1.29 is 9.53 Å². The van der Waals surface area contributed by atoms with Gasteiger partial charge in [0, 0.05) is 12.4 Å². The predicted molar refractivity (Wildman–Crippen MR) is 66.1 cm³/mol. The average molecular weight is 248 g/mol. The fourth-order valence-electron chi connectivity index (χ4n) is 1.46. The molecule has 0 spiro atoms. The van der Waals surface area contributed by atoms with Crippen molar-refractivity contribution in [1.29, 1.82) is 0 Å². The molecule has 0 fully saturated rings. The van der Waals surface area contributed by atoms with E-state index in [1.807, 2.05) is 26.8 Å². The summed E-state index contributed by atoms with van der Waals surface area (Å²) in [6.45, 7) is 5.80. The number of alkyl carbamates (subject to hydrolysis) is 1. The van der Waals surface area contributed by atoms with Crippen LogP contribution in [0.2, 0.25) is 0 Å². The lowest BCUT2D eigenvalue weighted by Crippen LogP contribution is -2.32. The van der Waals surface area contributed by atoms with Gasteiger partial charge in [-0.3, -0.25) is 4.98 Å². The third kappa shape index (κ3) is 3.19. The van der Waals surface area contributed by atoms with Crippen LogP contribution in [0, 0.1) is 0 Å². The summed E-state index contributed by atoms with van der Waals surface area (Å²) in [5, 5.41) is 6.95. The van der Waals surface area contributed by atoms with E-state index in [4.69, 9.17) is 4.74 Å². The molecule has 0 aliphatic carbocycles. The van der Waals surface area contributed by atoms with Gasteiger partial charge in [0.05, 0.1) is 24.0 Å². The Hall–Kier alpha value is -2.11. The molecule has 0 bridgehead atoms. The molecule has 2 aromatic rings. The molecule has 0 radical (unpaired) electrons.